The summed E-state index contributed by atoms with van der Waals surface area (Å²) in [5.41, 5.74) is -0.830. The fourth-order valence-corrected chi connectivity index (χ4v) is 3.09. The Bertz CT molecular complexity index is 519. The number of amides is 2. The first kappa shape index (κ1) is 18.8. The lowest BCUT2D eigenvalue weighted by Crippen LogP contribution is -2.47. The van der Waals surface area contributed by atoms with Gasteiger partial charge in [0.15, 0.2) is 0 Å². The number of aliphatic hydroxyl groups is 1. The van der Waals surface area contributed by atoms with Gasteiger partial charge in [0.25, 0.3) is 0 Å². The Kier molecular flexibility index (Phi) is 6.69. The lowest BCUT2D eigenvalue weighted by Gasteiger charge is -2.27. The summed E-state index contributed by atoms with van der Waals surface area (Å²) in [6.45, 7) is 8.59. The van der Waals surface area contributed by atoms with Gasteiger partial charge in [-0.15, -0.1) is 0 Å². The van der Waals surface area contributed by atoms with Crippen LogP contribution in [0.2, 0.25) is 0 Å². The van der Waals surface area contributed by atoms with Crippen molar-refractivity contribution in [2.45, 2.75) is 58.1 Å². The number of rotatable bonds is 8. The third-order valence-electron chi connectivity index (χ3n) is 5.02. The van der Waals surface area contributed by atoms with Crippen LogP contribution in [0.15, 0.2) is 16.5 Å². The van der Waals surface area contributed by atoms with E-state index in [0.717, 1.165) is 24.6 Å². The van der Waals surface area contributed by atoms with Crippen LogP contribution in [0.1, 0.15) is 57.1 Å². The average molecular weight is 337 g/mol. The molecule has 0 saturated carbocycles. The van der Waals surface area contributed by atoms with E-state index in [4.69, 9.17) is 4.42 Å². The molecule has 1 aromatic heterocycles. The van der Waals surface area contributed by atoms with Crippen LogP contribution in [0.4, 0.5) is 4.79 Å². The van der Waals surface area contributed by atoms with Crippen LogP contribution in [0, 0.1) is 6.92 Å². The minimum Gasteiger partial charge on any atom is -0.465 e. The van der Waals surface area contributed by atoms with Crippen LogP contribution >= 0.6 is 0 Å². The van der Waals surface area contributed by atoms with Crippen molar-refractivity contribution in [3.8, 4) is 0 Å². The number of urea groups is 1. The molecule has 136 valence electrons. The van der Waals surface area contributed by atoms with E-state index in [-0.39, 0.29) is 18.6 Å². The van der Waals surface area contributed by atoms with E-state index in [1.54, 1.807) is 0 Å². The van der Waals surface area contributed by atoms with Crippen LogP contribution in [-0.4, -0.2) is 47.8 Å². The molecule has 0 radical (unpaired) electrons. The van der Waals surface area contributed by atoms with Crippen molar-refractivity contribution >= 4 is 6.03 Å². The number of carbonyl (C=O) groups is 1. The van der Waals surface area contributed by atoms with Gasteiger partial charge in [-0.25, -0.2) is 4.79 Å². The minimum absolute atomic E-state index is 0.0585. The SMILES string of the molecule is CCC(O)(CC)CNC(=O)NCC(c1ccc(C)o1)N1CCCC1. The summed E-state index contributed by atoms with van der Waals surface area (Å²) in [5, 5.41) is 15.9. The third-order valence-corrected chi connectivity index (χ3v) is 5.02. The van der Waals surface area contributed by atoms with E-state index < -0.39 is 5.60 Å². The topological polar surface area (TPSA) is 77.7 Å². The largest absolute Gasteiger partial charge is 0.465 e. The monoisotopic (exact) mass is 337 g/mol. The van der Waals surface area contributed by atoms with Gasteiger partial charge >= 0.3 is 6.03 Å². The van der Waals surface area contributed by atoms with Crippen LogP contribution in [0.3, 0.4) is 0 Å². The molecule has 0 bridgehead atoms. The number of hydrogen-bond donors (Lipinski definition) is 3. The Morgan fingerprint density at radius 2 is 1.96 bits per heavy atom. The summed E-state index contributed by atoms with van der Waals surface area (Å²) in [4.78, 5) is 14.4. The fraction of sp³-hybridized carbons (Fsp3) is 0.722. The van der Waals surface area contributed by atoms with E-state index in [9.17, 15) is 9.90 Å². The molecule has 1 aliphatic heterocycles. The van der Waals surface area contributed by atoms with E-state index in [0.29, 0.717) is 19.4 Å². The fourth-order valence-electron chi connectivity index (χ4n) is 3.09. The Hall–Kier alpha value is -1.53. The molecule has 0 aliphatic carbocycles. The molecule has 0 spiro atoms. The van der Waals surface area contributed by atoms with Crippen molar-refractivity contribution in [3.05, 3.63) is 23.7 Å². The molecule has 24 heavy (non-hydrogen) atoms. The summed E-state index contributed by atoms with van der Waals surface area (Å²) in [6.07, 6.45) is 3.60. The quantitative estimate of drug-likeness (QED) is 0.681. The maximum atomic E-state index is 12.1. The summed E-state index contributed by atoms with van der Waals surface area (Å²) in [7, 11) is 0. The van der Waals surface area contributed by atoms with Gasteiger partial charge in [0.1, 0.15) is 11.5 Å². The molecular weight excluding hydrogens is 306 g/mol. The van der Waals surface area contributed by atoms with Gasteiger partial charge in [-0.05, 0) is 57.8 Å². The summed E-state index contributed by atoms with van der Waals surface area (Å²) in [6, 6.07) is 3.76. The van der Waals surface area contributed by atoms with E-state index >= 15 is 0 Å². The first-order valence-corrected chi connectivity index (χ1v) is 9.02. The summed E-state index contributed by atoms with van der Waals surface area (Å²) < 4.78 is 5.79. The zero-order valence-corrected chi connectivity index (χ0v) is 15.1. The maximum Gasteiger partial charge on any atom is 0.314 e. The molecule has 6 nitrogen and oxygen atoms in total. The molecule has 3 N–H and O–H groups in total. The summed E-state index contributed by atoms with van der Waals surface area (Å²) >= 11 is 0. The number of hydrogen-bond acceptors (Lipinski definition) is 4. The van der Waals surface area contributed by atoms with Crippen molar-refractivity contribution in [3.63, 3.8) is 0 Å². The smallest absolute Gasteiger partial charge is 0.314 e. The molecular formula is C18H31N3O3. The molecule has 1 saturated heterocycles. The summed E-state index contributed by atoms with van der Waals surface area (Å²) in [5.74, 6) is 1.78. The van der Waals surface area contributed by atoms with E-state index in [1.165, 1.54) is 12.8 Å². The average Bonchev–Trinajstić information content (AvgIpc) is 3.25. The van der Waals surface area contributed by atoms with Crippen molar-refractivity contribution < 1.29 is 14.3 Å². The van der Waals surface area contributed by atoms with Gasteiger partial charge in [-0.2, -0.15) is 0 Å². The van der Waals surface area contributed by atoms with Crippen LogP contribution < -0.4 is 10.6 Å². The van der Waals surface area contributed by atoms with E-state index in [1.807, 2.05) is 32.9 Å². The highest BCUT2D eigenvalue weighted by molar-refractivity contribution is 5.73. The van der Waals surface area contributed by atoms with Gasteiger partial charge in [0.2, 0.25) is 0 Å². The first-order chi connectivity index (χ1) is 11.5. The molecule has 1 aliphatic rings. The minimum atomic E-state index is -0.830. The van der Waals surface area contributed by atoms with Gasteiger partial charge < -0.3 is 20.2 Å². The van der Waals surface area contributed by atoms with Crippen LogP contribution in [-0.2, 0) is 0 Å². The van der Waals surface area contributed by atoms with Gasteiger partial charge in [0, 0.05) is 13.1 Å². The molecule has 2 amide bonds. The second-order valence-corrected chi connectivity index (χ2v) is 6.70. The van der Waals surface area contributed by atoms with Crippen molar-refractivity contribution in [2.24, 2.45) is 0 Å². The van der Waals surface area contributed by atoms with Gasteiger partial charge in [0.05, 0.1) is 11.6 Å². The Morgan fingerprint density at radius 1 is 1.29 bits per heavy atom. The van der Waals surface area contributed by atoms with Crippen LogP contribution in [0.5, 0.6) is 0 Å². The lowest BCUT2D eigenvalue weighted by molar-refractivity contribution is 0.0349. The van der Waals surface area contributed by atoms with Crippen molar-refractivity contribution in [1.82, 2.24) is 15.5 Å². The standard InChI is InChI=1S/C18H31N3O3/c1-4-18(23,5-2)13-20-17(22)19-12-15(21-10-6-7-11-21)16-9-8-14(3)24-16/h8-9,15,23H,4-7,10-13H2,1-3H3,(H2,19,20,22). The number of aryl methyl sites for hydroxylation is 1. The molecule has 1 atom stereocenters. The predicted octanol–water partition coefficient (Wildman–Crippen LogP) is 2.58. The Morgan fingerprint density at radius 3 is 2.50 bits per heavy atom. The number of likely N-dealkylation sites (tertiary alicyclic amines) is 1. The Balaban J connectivity index is 1.89. The van der Waals surface area contributed by atoms with Gasteiger partial charge in [-0.3, -0.25) is 4.90 Å². The Labute approximate surface area is 144 Å². The maximum absolute atomic E-state index is 12.1. The van der Waals surface area contributed by atoms with Crippen molar-refractivity contribution in [2.75, 3.05) is 26.2 Å². The highest BCUT2D eigenvalue weighted by Crippen LogP contribution is 2.26. The second-order valence-electron chi connectivity index (χ2n) is 6.70. The predicted molar refractivity (Wildman–Crippen MR) is 93.9 cm³/mol. The molecule has 1 unspecified atom stereocenters. The molecule has 2 heterocycles. The number of nitrogens with zero attached hydrogens (tertiary/aromatic N) is 1. The van der Waals surface area contributed by atoms with Crippen LogP contribution in [0.25, 0.3) is 0 Å². The molecule has 6 heteroatoms. The molecule has 2 rings (SSSR count). The molecule has 1 fully saturated rings. The number of nitrogens with one attached hydrogen (secondary N) is 2. The number of furan rings is 1. The normalized spacial score (nSPS) is 17.0. The third kappa shape index (κ3) is 4.98. The lowest BCUT2D eigenvalue weighted by atomic mass is 9.98. The highest BCUT2D eigenvalue weighted by Gasteiger charge is 2.27. The molecule has 1 aromatic rings. The van der Waals surface area contributed by atoms with E-state index in [2.05, 4.69) is 15.5 Å². The molecule has 0 aromatic carbocycles. The van der Waals surface area contributed by atoms with Gasteiger partial charge in [-0.1, -0.05) is 13.8 Å². The second kappa shape index (κ2) is 8.53. The number of carbonyl (C=O) groups excluding carboxylic acids is 1. The zero-order valence-electron chi connectivity index (χ0n) is 15.1. The first-order valence-electron chi connectivity index (χ1n) is 9.02. The zero-order chi connectivity index (χ0) is 17.6. The highest BCUT2D eigenvalue weighted by atomic mass is 16.3. The van der Waals surface area contributed by atoms with Crippen molar-refractivity contribution in [1.29, 1.82) is 0 Å².